The van der Waals surface area contributed by atoms with Gasteiger partial charge in [0.1, 0.15) is 0 Å². The molecule has 0 saturated carbocycles. The van der Waals surface area contributed by atoms with Crippen LogP contribution in [0.15, 0.2) is 90.0 Å². The van der Waals surface area contributed by atoms with Crippen LogP contribution in [-0.4, -0.2) is 16.7 Å². The van der Waals surface area contributed by atoms with Crippen LogP contribution in [0, 0.1) is 6.92 Å². The van der Waals surface area contributed by atoms with Crippen LogP contribution in [0.4, 0.5) is 0 Å². The Labute approximate surface area is 176 Å². The number of amides is 1. The van der Waals surface area contributed by atoms with Crippen molar-refractivity contribution in [2.75, 3.05) is 0 Å². The number of fused-ring (bicyclic) bond motifs is 1. The van der Waals surface area contributed by atoms with E-state index in [1.807, 2.05) is 72.8 Å². The summed E-state index contributed by atoms with van der Waals surface area (Å²) in [6, 6.07) is 27.9. The van der Waals surface area contributed by atoms with Crippen molar-refractivity contribution in [2.45, 2.75) is 26.3 Å². The summed E-state index contributed by atoms with van der Waals surface area (Å²) < 4.78 is 2.26. The van der Waals surface area contributed by atoms with Crippen molar-refractivity contribution in [2.24, 2.45) is 5.10 Å². The highest BCUT2D eigenvalue weighted by Gasteiger charge is 2.22. The van der Waals surface area contributed by atoms with Gasteiger partial charge >= 0.3 is 0 Å². The topological polar surface area (TPSA) is 46.4 Å². The highest BCUT2D eigenvalue weighted by Crippen LogP contribution is 2.26. The van der Waals surface area contributed by atoms with Gasteiger partial charge in [-0.1, -0.05) is 78.9 Å². The van der Waals surface area contributed by atoms with Gasteiger partial charge in [-0.3, -0.25) is 4.79 Å². The van der Waals surface area contributed by atoms with Gasteiger partial charge in [0.15, 0.2) is 0 Å². The summed E-state index contributed by atoms with van der Waals surface area (Å²) in [7, 11) is 0. The molecule has 150 valence electrons. The molecule has 4 heteroatoms. The highest BCUT2D eigenvalue weighted by molar-refractivity contribution is 6.01. The molecule has 0 aliphatic heterocycles. The van der Waals surface area contributed by atoms with Crippen LogP contribution < -0.4 is 5.43 Å². The van der Waals surface area contributed by atoms with E-state index < -0.39 is 5.92 Å². The summed E-state index contributed by atoms with van der Waals surface area (Å²) in [5, 5.41) is 5.47. The zero-order valence-corrected chi connectivity index (χ0v) is 17.2. The van der Waals surface area contributed by atoms with E-state index in [0.29, 0.717) is 0 Å². The van der Waals surface area contributed by atoms with Gasteiger partial charge in [0.05, 0.1) is 12.1 Å². The molecule has 0 bridgehead atoms. The number of carbonyl (C=O) groups is 1. The third-order valence-electron chi connectivity index (χ3n) is 5.49. The number of nitrogens with zero attached hydrogens (tertiary/aromatic N) is 2. The molecular formula is C26H25N3O. The van der Waals surface area contributed by atoms with Gasteiger partial charge in [0.25, 0.3) is 5.91 Å². The zero-order valence-electron chi connectivity index (χ0n) is 17.2. The minimum Gasteiger partial charge on any atom is -0.344 e. The Bertz CT molecular complexity index is 1140. The smallest absolute Gasteiger partial charge is 0.252 e. The van der Waals surface area contributed by atoms with E-state index in [0.717, 1.165) is 34.3 Å². The Morgan fingerprint density at radius 3 is 2.10 bits per heavy atom. The minimum atomic E-state index is -0.414. The third kappa shape index (κ3) is 3.77. The quantitative estimate of drug-likeness (QED) is 0.352. The van der Waals surface area contributed by atoms with E-state index in [4.69, 9.17) is 0 Å². The molecule has 0 saturated heterocycles. The van der Waals surface area contributed by atoms with Gasteiger partial charge in [-0.2, -0.15) is 5.10 Å². The van der Waals surface area contributed by atoms with Crippen LogP contribution in [0.2, 0.25) is 0 Å². The first-order chi connectivity index (χ1) is 14.7. The molecule has 1 N–H and O–H groups in total. The van der Waals surface area contributed by atoms with Crippen molar-refractivity contribution in [1.82, 2.24) is 9.99 Å². The lowest BCUT2D eigenvalue weighted by molar-refractivity contribution is -0.121. The fourth-order valence-electron chi connectivity index (χ4n) is 4.04. The predicted octanol–water partition coefficient (Wildman–Crippen LogP) is 5.25. The lowest BCUT2D eigenvalue weighted by Crippen LogP contribution is -2.26. The van der Waals surface area contributed by atoms with Gasteiger partial charge in [-0.15, -0.1) is 0 Å². The first kappa shape index (κ1) is 19.6. The molecular weight excluding hydrogens is 370 g/mol. The monoisotopic (exact) mass is 395 g/mol. The second-order valence-corrected chi connectivity index (χ2v) is 7.25. The normalized spacial score (nSPS) is 11.4. The van der Waals surface area contributed by atoms with E-state index in [9.17, 15) is 4.79 Å². The summed E-state index contributed by atoms with van der Waals surface area (Å²) in [6.07, 6.45) is 1.76. The average Bonchev–Trinajstić information content (AvgIpc) is 3.06. The fourth-order valence-corrected chi connectivity index (χ4v) is 4.04. The molecule has 4 rings (SSSR count). The van der Waals surface area contributed by atoms with Crippen molar-refractivity contribution >= 4 is 23.0 Å². The summed E-state index contributed by atoms with van der Waals surface area (Å²) in [4.78, 5) is 13.1. The molecule has 0 atom stereocenters. The Balaban J connectivity index is 1.63. The van der Waals surface area contributed by atoms with E-state index >= 15 is 0 Å². The highest BCUT2D eigenvalue weighted by atomic mass is 16.2. The molecule has 0 spiro atoms. The van der Waals surface area contributed by atoms with E-state index in [2.05, 4.69) is 41.1 Å². The number of aryl methyl sites for hydroxylation is 1. The zero-order chi connectivity index (χ0) is 20.9. The first-order valence-electron chi connectivity index (χ1n) is 10.2. The van der Waals surface area contributed by atoms with Crippen molar-refractivity contribution in [1.29, 1.82) is 0 Å². The van der Waals surface area contributed by atoms with Crippen molar-refractivity contribution < 1.29 is 4.79 Å². The molecule has 1 amide bonds. The van der Waals surface area contributed by atoms with E-state index in [-0.39, 0.29) is 5.91 Å². The molecule has 4 nitrogen and oxygen atoms in total. The number of hydrogen-bond acceptors (Lipinski definition) is 2. The molecule has 0 unspecified atom stereocenters. The Kier molecular flexibility index (Phi) is 5.75. The molecule has 1 aromatic heterocycles. The Morgan fingerprint density at radius 1 is 0.933 bits per heavy atom. The van der Waals surface area contributed by atoms with Crippen LogP contribution in [0.5, 0.6) is 0 Å². The van der Waals surface area contributed by atoms with Crippen LogP contribution in [0.1, 0.15) is 35.2 Å². The summed E-state index contributed by atoms with van der Waals surface area (Å²) in [5.74, 6) is -0.567. The maximum atomic E-state index is 13.1. The Morgan fingerprint density at radius 2 is 1.50 bits per heavy atom. The van der Waals surface area contributed by atoms with Crippen molar-refractivity contribution in [3.8, 4) is 0 Å². The molecule has 0 aliphatic carbocycles. The molecule has 0 fully saturated rings. The number of hydrogen-bond donors (Lipinski definition) is 1. The molecule has 4 aromatic rings. The van der Waals surface area contributed by atoms with E-state index in [1.165, 1.54) is 5.52 Å². The first-order valence-corrected chi connectivity index (χ1v) is 10.2. The summed E-state index contributed by atoms with van der Waals surface area (Å²) in [6.45, 7) is 5.10. The molecule has 0 radical (unpaired) electrons. The largest absolute Gasteiger partial charge is 0.344 e. The lowest BCUT2D eigenvalue weighted by atomic mass is 9.91. The summed E-state index contributed by atoms with van der Waals surface area (Å²) >= 11 is 0. The number of para-hydroxylation sites is 1. The van der Waals surface area contributed by atoms with Crippen molar-refractivity contribution in [3.05, 3.63) is 107 Å². The number of hydrazone groups is 1. The van der Waals surface area contributed by atoms with Gasteiger partial charge in [0.2, 0.25) is 0 Å². The number of rotatable bonds is 6. The third-order valence-corrected chi connectivity index (χ3v) is 5.49. The van der Waals surface area contributed by atoms with Crippen LogP contribution in [0.3, 0.4) is 0 Å². The predicted molar refractivity (Wildman–Crippen MR) is 123 cm³/mol. The van der Waals surface area contributed by atoms with Gasteiger partial charge in [0, 0.05) is 28.7 Å². The second kappa shape index (κ2) is 8.78. The van der Waals surface area contributed by atoms with Crippen LogP contribution in [0.25, 0.3) is 10.9 Å². The SMILES string of the molecule is CCn1c(C)c(/C=N\NC(=O)C(c2ccccc2)c2ccccc2)c2ccccc21. The van der Waals surface area contributed by atoms with Gasteiger partial charge in [-0.05, 0) is 31.0 Å². The lowest BCUT2D eigenvalue weighted by Gasteiger charge is -2.16. The second-order valence-electron chi connectivity index (χ2n) is 7.25. The van der Waals surface area contributed by atoms with Crippen LogP contribution >= 0.6 is 0 Å². The van der Waals surface area contributed by atoms with E-state index in [1.54, 1.807) is 6.21 Å². The number of benzene rings is 3. The maximum Gasteiger partial charge on any atom is 0.252 e. The van der Waals surface area contributed by atoms with Gasteiger partial charge < -0.3 is 4.57 Å². The fraction of sp³-hybridized carbons (Fsp3) is 0.154. The standard InChI is InChI=1S/C26H25N3O/c1-3-29-19(2)23(22-16-10-11-17-24(22)29)18-27-28-26(30)25(20-12-6-4-7-13-20)21-14-8-5-9-15-21/h4-18,25H,3H2,1-2H3,(H,28,30)/b27-18-. The number of nitrogens with one attached hydrogen (secondary N) is 1. The van der Waals surface area contributed by atoms with Crippen molar-refractivity contribution in [3.63, 3.8) is 0 Å². The molecule has 30 heavy (non-hydrogen) atoms. The van der Waals surface area contributed by atoms with Gasteiger partial charge in [-0.25, -0.2) is 5.43 Å². The molecule has 1 heterocycles. The summed E-state index contributed by atoms with van der Waals surface area (Å²) in [5.41, 5.74) is 8.00. The number of aromatic nitrogens is 1. The van der Waals surface area contributed by atoms with Crippen LogP contribution in [-0.2, 0) is 11.3 Å². The Hall–Kier alpha value is -3.66. The minimum absolute atomic E-state index is 0.152. The molecule has 3 aromatic carbocycles. The maximum absolute atomic E-state index is 13.1. The average molecular weight is 396 g/mol. The molecule has 0 aliphatic rings. The number of carbonyl (C=O) groups excluding carboxylic acids is 1.